The van der Waals surface area contributed by atoms with Gasteiger partial charge in [-0.3, -0.25) is 5.11 Å². The van der Waals surface area contributed by atoms with Crippen molar-refractivity contribution < 1.29 is 13.9 Å². The molecule has 0 bridgehead atoms. The number of hydrogen-bond acceptors (Lipinski definition) is 0. The van der Waals surface area contributed by atoms with Crippen molar-refractivity contribution in [3.8, 4) is 16.9 Å². The zero-order chi connectivity index (χ0) is 10.8. The quantitative estimate of drug-likeness (QED) is 0.675. The number of hydrogen-bond donors (Lipinski definition) is 0. The van der Waals surface area contributed by atoms with Crippen molar-refractivity contribution in [1.29, 1.82) is 0 Å². The maximum atomic E-state index is 13.3. The average molecular weight is 205 g/mol. The normalized spacial score (nSPS) is 10.3. The Morgan fingerprint density at radius 1 is 0.933 bits per heavy atom. The molecule has 2 rings (SSSR count). The number of halogens is 2. The number of benzene rings is 2. The van der Waals surface area contributed by atoms with E-state index in [9.17, 15) is 13.9 Å². The fraction of sp³-hybridized carbons (Fsp3) is 0. The molecule has 0 aliphatic heterocycles. The van der Waals surface area contributed by atoms with Gasteiger partial charge in [-0.15, -0.1) is 0 Å². The molecule has 0 aliphatic rings. The first-order valence-electron chi connectivity index (χ1n) is 4.40. The smallest absolute Gasteiger partial charge is 0.179 e. The van der Waals surface area contributed by atoms with Gasteiger partial charge >= 0.3 is 0 Å². The Balaban J connectivity index is 2.59. The summed E-state index contributed by atoms with van der Waals surface area (Å²) in [6.07, 6.45) is 0. The van der Waals surface area contributed by atoms with Crippen molar-refractivity contribution in [2.24, 2.45) is 0 Å². The highest BCUT2D eigenvalue weighted by atomic mass is 19.2. The van der Waals surface area contributed by atoms with Gasteiger partial charge in [-0.25, -0.2) is 8.78 Å². The fourth-order valence-electron chi connectivity index (χ4n) is 1.39. The molecule has 0 atom stereocenters. The molecule has 2 aromatic carbocycles. The molecule has 0 saturated carbocycles. The van der Waals surface area contributed by atoms with E-state index < -0.39 is 11.6 Å². The van der Waals surface area contributed by atoms with E-state index in [4.69, 9.17) is 0 Å². The maximum Gasteiger partial charge on any atom is 0.179 e. The summed E-state index contributed by atoms with van der Waals surface area (Å²) in [5.74, 6) is -2.07. The van der Waals surface area contributed by atoms with Crippen LogP contribution in [0.5, 0.6) is 5.75 Å². The van der Waals surface area contributed by atoms with Gasteiger partial charge in [-0.1, -0.05) is 24.3 Å². The Labute approximate surface area is 85.6 Å². The largest absolute Gasteiger partial charge is 0.290 e. The van der Waals surface area contributed by atoms with E-state index in [1.807, 2.05) is 0 Å². The highest BCUT2D eigenvalue weighted by molar-refractivity contribution is 5.65. The lowest BCUT2D eigenvalue weighted by Gasteiger charge is -2.03. The number of rotatable bonds is 1. The van der Waals surface area contributed by atoms with Gasteiger partial charge in [0, 0.05) is 5.56 Å². The monoisotopic (exact) mass is 205 g/mol. The van der Waals surface area contributed by atoms with Gasteiger partial charge in [-0.05, 0) is 23.8 Å². The van der Waals surface area contributed by atoms with E-state index in [2.05, 4.69) is 0 Å². The minimum Gasteiger partial charge on any atom is -0.290 e. The van der Waals surface area contributed by atoms with Gasteiger partial charge in [0.1, 0.15) is 0 Å². The van der Waals surface area contributed by atoms with Crippen LogP contribution in [0.2, 0.25) is 0 Å². The molecule has 0 N–H and O–H groups in total. The predicted molar refractivity (Wildman–Crippen MR) is 51.9 cm³/mol. The van der Waals surface area contributed by atoms with Gasteiger partial charge in [0.25, 0.3) is 0 Å². The van der Waals surface area contributed by atoms with E-state index in [0.29, 0.717) is 5.56 Å². The molecule has 0 fully saturated rings. The molecule has 0 unspecified atom stereocenters. The lowest BCUT2D eigenvalue weighted by atomic mass is 10.0. The Morgan fingerprint density at radius 2 is 1.67 bits per heavy atom. The second-order valence-electron chi connectivity index (χ2n) is 3.13. The summed E-state index contributed by atoms with van der Waals surface area (Å²) in [5.41, 5.74) is 0.493. The summed E-state index contributed by atoms with van der Waals surface area (Å²) < 4.78 is 26.3. The van der Waals surface area contributed by atoms with Crippen LogP contribution in [0, 0.1) is 11.6 Å². The fourth-order valence-corrected chi connectivity index (χ4v) is 1.39. The van der Waals surface area contributed by atoms with Crippen LogP contribution in [-0.4, -0.2) is 0 Å². The van der Waals surface area contributed by atoms with E-state index >= 15 is 0 Å². The van der Waals surface area contributed by atoms with Crippen molar-refractivity contribution in [2.75, 3.05) is 0 Å². The minimum absolute atomic E-state index is 0.104. The van der Waals surface area contributed by atoms with Crippen LogP contribution in [0.15, 0.2) is 42.5 Å². The Morgan fingerprint density at radius 3 is 2.40 bits per heavy atom. The zero-order valence-corrected chi connectivity index (χ0v) is 7.71. The minimum atomic E-state index is -0.928. The highest BCUT2D eigenvalue weighted by Gasteiger charge is 2.09. The topological polar surface area (TPSA) is 19.9 Å². The van der Waals surface area contributed by atoms with E-state index in [0.717, 1.165) is 6.07 Å². The van der Waals surface area contributed by atoms with Crippen LogP contribution in [0.4, 0.5) is 8.78 Å². The van der Waals surface area contributed by atoms with Gasteiger partial charge in [0.05, 0.1) is 0 Å². The molecule has 1 radical (unpaired) electrons. The second-order valence-corrected chi connectivity index (χ2v) is 3.13. The van der Waals surface area contributed by atoms with Crippen molar-refractivity contribution in [3.05, 3.63) is 54.1 Å². The van der Waals surface area contributed by atoms with Gasteiger partial charge in [-0.2, -0.15) is 0 Å². The van der Waals surface area contributed by atoms with Gasteiger partial charge in [0.15, 0.2) is 17.4 Å². The molecule has 0 spiro atoms. The lowest BCUT2D eigenvalue weighted by Crippen LogP contribution is -1.88. The highest BCUT2D eigenvalue weighted by Crippen LogP contribution is 2.26. The van der Waals surface area contributed by atoms with Crippen molar-refractivity contribution in [3.63, 3.8) is 0 Å². The summed E-state index contributed by atoms with van der Waals surface area (Å²) in [6.45, 7) is 0. The summed E-state index contributed by atoms with van der Waals surface area (Å²) in [6, 6.07) is 9.61. The predicted octanol–water partition coefficient (Wildman–Crippen LogP) is 3.78. The van der Waals surface area contributed by atoms with Crippen LogP contribution in [0.1, 0.15) is 0 Å². The first-order valence-corrected chi connectivity index (χ1v) is 4.40. The van der Waals surface area contributed by atoms with Crippen molar-refractivity contribution >= 4 is 0 Å². The molecule has 3 heteroatoms. The molecule has 1 nitrogen and oxygen atoms in total. The lowest BCUT2D eigenvalue weighted by molar-refractivity contribution is 0.355. The first-order chi connectivity index (χ1) is 7.18. The zero-order valence-electron chi connectivity index (χ0n) is 7.71. The third-order valence-electron chi connectivity index (χ3n) is 2.10. The molecule has 0 amide bonds. The summed E-state index contributed by atoms with van der Waals surface area (Å²) >= 11 is 0. The average Bonchev–Trinajstić information content (AvgIpc) is 2.22. The van der Waals surface area contributed by atoms with E-state index in [1.54, 1.807) is 6.07 Å². The molecular formula is C12H7F2O. The molecule has 0 saturated heterocycles. The molecule has 0 heterocycles. The standard InChI is InChI=1S/C12H7F2O/c13-11-6-2-5-10(12(11)14)8-3-1-4-9(15)7-8/h1-7H. The van der Waals surface area contributed by atoms with Crippen LogP contribution in [0.25, 0.3) is 11.1 Å². The Bertz CT molecular complexity index is 495. The van der Waals surface area contributed by atoms with E-state index in [1.165, 1.54) is 30.3 Å². The molecule has 0 aromatic heterocycles. The maximum absolute atomic E-state index is 13.3. The molecular weight excluding hydrogens is 198 g/mol. The third-order valence-corrected chi connectivity index (χ3v) is 2.10. The van der Waals surface area contributed by atoms with Crippen LogP contribution >= 0.6 is 0 Å². The Kier molecular flexibility index (Phi) is 2.37. The summed E-state index contributed by atoms with van der Waals surface area (Å²) in [7, 11) is 0. The Hall–Kier alpha value is -1.90. The van der Waals surface area contributed by atoms with Crippen molar-refractivity contribution in [2.45, 2.75) is 0 Å². The van der Waals surface area contributed by atoms with Crippen LogP contribution < -0.4 is 0 Å². The molecule has 75 valence electrons. The van der Waals surface area contributed by atoms with Crippen molar-refractivity contribution in [1.82, 2.24) is 0 Å². The van der Waals surface area contributed by atoms with Crippen LogP contribution in [0.3, 0.4) is 0 Å². The summed E-state index contributed by atoms with van der Waals surface area (Å²) in [4.78, 5) is 0. The van der Waals surface area contributed by atoms with Crippen LogP contribution in [-0.2, 0) is 5.11 Å². The molecule has 15 heavy (non-hydrogen) atoms. The summed E-state index contributed by atoms with van der Waals surface area (Å²) in [5, 5.41) is 11.0. The third kappa shape index (κ3) is 1.81. The SMILES string of the molecule is [O]c1cccc(-c2cccc(F)c2F)c1. The van der Waals surface area contributed by atoms with E-state index in [-0.39, 0.29) is 11.3 Å². The first kappa shape index (κ1) is 9.65. The van der Waals surface area contributed by atoms with Gasteiger partial charge < -0.3 is 0 Å². The molecule has 2 aromatic rings. The van der Waals surface area contributed by atoms with Gasteiger partial charge in [0.2, 0.25) is 0 Å². The second kappa shape index (κ2) is 3.69. The molecule has 0 aliphatic carbocycles.